The Morgan fingerprint density at radius 2 is 2.20 bits per heavy atom. The SMILES string of the molecule is [N-]=[N+]=NCc1cc(N=[N+]=[N-])cc(C(=O)NC2CN(c3nncs3)C2)c1. The van der Waals surface area contributed by atoms with Crippen molar-refractivity contribution in [1.29, 1.82) is 0 Å². The van der Waals surface area contributed by atoms with E-state index < -0.39 is 0 Å². The number of carbonyl (C=O) groups excluding carboxylic acids is 1. The molecule has 1 aromatic carbocycles. The number of benzene rings is 1. The highest BCUT2D eigenvalue weighted by atomic mass is 32.1. The lowest BCUT2D eigenvalue weighted by Crippen LogP contribution is -2.59. The highest BCUT2D eigenvalue weighted by molar-refractivity contribution is 7.13. The molecule has 0 radical (unpaired) electrons. The largest absolute Gasteiger partial charge is 0.346 e. The second-order valence-corrected chi connectivity index (χ2v) is 6.07. The van der Waals surface area contributed by atoms with Crippen LogP contribution in [0.3, 0.4) is 0 Å². The van der Waals surface area contributed by atoms with Crippen molar-refractivity contribution in [2.24, 2.45) is 10.2 Å². The minimum Gasteiger partial charge on any atom is -0.346 e. The van der Waals surface area contributed by atoms with Crippen LogP contribution < -0.4 is 10.2 Å². The van der Waals surface area contributed by atoms with E-state index in [2.05, 4.69) is 35.6 Å². The Bertz CT molecular complexity index is 863. The fraction of sp³-hybridized carbons (Fsp3) is 0.308. The van der Waals surface area contributed by atoms with Crippen LogP contribution >= 0.6 is 11.3 Å². The number of carbonyl (C=O) groups is 1. The number of rotatable bonds is 6. The summed E-state index contributed by atoms with van der Waals surface area (Å²) in [6.45, 7) is 1.38. The summed E-state index contributed by atoms with van der Waals surface area (Å²) in [5.41, 5.74) is 19.9. The minimum absolute atomic E-state index is 0.0000958. The molecule has 126 valence electrons. The van der Waals surface area contributed by atoms with Crippen LogP contribution in [0.1, 0.15) is 15.9 Å². The molecule has 1 amide bonds. The average molecular weight is 356 g/mol. The normalized spacial score (nSPS) is 13.4. The van der Waals surface area contributed by atoms with Gasteiger partial charge in [0, 0.05) is 34.2 Å². The summed E-state index contributed by atoms with van der Waals surface area (Å²) in [7, 11) is 0. The minimum atomic E-state index is -0.279. The predicted molar refractivity (Wildman–Crippen MR) is 91.5 cm³/mol. The zero-order valence-corrected chi connectivity index (χ0v) is 13.7. The smallest absolute Gasteiger partial charge is 0.251 e. The third kappa shape index (κ3) is 3.96. The maximum atomic E-state index is 12.4. The first kappa shape index (κ1) is 16.5. The van der Waals surface area contributed by atoms with Crippen molar-refractivity contribution in [2.75, 3.05) is 18.0 Å². The second kappa shape index (κ2) is 7.49. The Labute approximate surface area is 145 Å². The van der Waals surface area contributed by atoms with E-state index in [1.54, 1.807) is 17.6 Å². The predicted octanol–water partition coefficient (Wildman–Crippen LogP) is 2.91. The number of amides is 1. The molecule has 1 N–H and O–H groups in total. The Balaban J connectivity index is 1.68. The third-order valence-corrected chi connectivity index (χ3v) is 4.30. The third-order valence-electron chi connectivity index (χ3n) is 3.55. The van der Waals surface area contributed by atoms with Gasteiger partial charge in [-0.05, 0) is 34.8 Å². The zero-order valence-electron chi connectivity index (χ0n) is 12.8. The fourth-order valence-corrected chi connectivity index (χ4v) is 3.00. The van der Waals surface area contributed by atoms with Crippen molar-refractivity contribution < 1.29 is 4.79 Å². The van der Waals surface area contributed by atoms with Crippen LogP contribution in [0.15, 0.2) is 33.9 Å². The molecule has 1 aromatic heterocycles. The van der Waals surface area contributed by atoms with Crippen LogP contribution in [0, 0.1) is 0 Å². The fourth-order valence-electron chi connectivity index (χ4n) is 2.42. The van der Waals surface area contributed by atoms with Crippen molar-refractivity contribution in [3.8, 4) is 0 Å². The molecule has 3 rings (SSSR count). The molecule has 1 fully saturated rings. The molecule has 0 saturated carbocycles. The van der Waals surface area contributed by atoms with Gasteiger partial charge in [-0.25, -0.2) is 0 Å². The zero-order chi connectivity index (χ0) is 17.6. The maximum absolute atomic E-state index is 12.4. The van der Waals surface area contributed by atoms with E-state index in [9.17, 15) is 4.79 Å². The van der Waals surface area contributed by atoms with Gasteiger partial charge in [-0.3, -0.25) is 4.79 Å². The summed E-state index contributed by atoms with van der Waals surface area (Å²) in [4.78, 5) is 19.9. The van der Waals surface area contributed by atoms with E-state index in [4.69, 9.17) is 11.1 Å². The lowest BCUT2D eigenvalue weighted by Gasteiger charge is -2.39. The van der Waals surface area contributed by atoms with Crippen LogP contribution in [-0.4, -0.2) is 35.2 Å². The lowest BCUT2D eigenvalue weighted by molar-refractivity contribution is 0.0930. The molecule has 0 bridgehead atoms. The molecular formula is C13H12N10OS. The van der Waals surface area contributed by atoms with Gasteiger partial charge in [0.15, 0.2) is 0 Å². The van der Waals surface area contributed by atoms with Crippen molar-refractivity contribution in [2.45, 2.75) is 12.6 Å². The molecule has 1 aliphatic rings. The van der Waals surface area contributed by atoms with Crippen molar-refractivity contribution in [1.82, 2.24) is 15.5 Å². The van der Waals surface area contributed by atoms with Gasteiger partial charge in [0.05, 0.1) is 12.6 Å². The van der Waals surface area contributed by atoms with Crippen molar-refractivity contribution in [3.63, 3.8) is 0 Å². The first-order valence-corrected chi connectivity index (χ1v) is 8.09. The van der Waals surface area contributed by atoms with Crippen LogP contribution in [-0.2, 0) is 6.54 Å². The molecule has 0 atom stereocenters. The molecule has 0 unspecified atom stereocenters. The molecule has 12 heteroatoms. The van der Waals surface area contributed by atoms with E-state index in [-0.39, 0.29) is 18.5 Å². The van der Waals surface area contributed by atoms with E-state index in [1.807, 2.05) is 4.90 Å². The monoisotopic (exact) mass is 356 g/mol. The standard InChI is InChI=1S/C13H12N10OS/c14-21-16-4-8-1-9(3-10(2-8)19-22-15)12(24)18-11-5-23(6-11)13-20-17-7-25-13/h1-3,7,11H,4-6H2,(H,18,24). The Morgan fingerprint density at radius 3 is 2.88 bits per heavy atom. The molecule has 0 aliphatic carbocycles. The van der Waals surface area contributed by atoms with Crippen LogP contribution in [0.4, 0.5) is 10.8 Å². The van der Waals surface area contributed by atoms with Crippen molar-refractivity contribution >= 4 is 28.1 Å². The first-order chi connectivity index (χ1) is 12.2. The quantitative estimate of drug-likeness (QED) is 0.479. The summed E-state index contributed by atoms with van der Waals surface area (Å²) < 4.78 is 0. The molecule has 11 nitrogen and oxygen atoms in total. The molecule has 2 heterocycles. The van der Waals surface area contributed by atoms with Gasteiger partial charge in [-0.15, -0.1) is 10.2 Å². The molecule has 1 saturated heterocycles. The van der Waals surface area contributed by atoms with Gasteiger partial charge in [-0.1, -0.05) is 21.6 Å². The summed E-state index contributed by atoms with van der Waals surface area (Å²) in [6, 6.07) is 4.68. The average Bonchev–Trinajstić information content (AvgIpc) is 3.09. The van der Waals surface area contributed by atoms with Gasteiger partial charge in [-0.2, -0.15) is 0 Å². The van der Waals surface area contributed by atoms with E-state index in [1.165, 1.54) is 17.4 Å². The number of hydrogen-bond donors (Lipinski definition) is 1. The number of azide groups is 2. The molecular weight excluding hydrogens is 344 g/mol. The van der Waals surface area contributed by atoms with E-state index in [0.29, 0.717) is 29.9 Å². The number of nitrogens with zero attached hydrogens (tertiary/aromatic N) is 9. The highest BCUT2D eigenvalue weighted by Gasteiger charge is 2.30. The summed E-state index contributed by atoms with van der Waals surface area (Å²) in [6.07, 6.45) is 0. The van der Waals surface area contributed by atoms with E-state index in [0.717, 1.165) is 5.13 Å². The van der Waals surface area contributed by atoms with Crippen LogP contribution in [0.2, 0.25) is 0 Å². The summed E-state index contributed by atoms with van der Waals surface area (Å²) >= 11 is 1.45. The van der Waals surface area contributed by atoms with Gasteiger partial charge in [0.1, 0.15) is 5.51 Å². The number of aromatic nitrogens is 2. The Morgan fingerprint density at radius 1 is 1.36 bits per heavy atom. The summed E-state index contributed by atoms with van der Waals surface area (Å²) in [5, 5.41) is 18.5. The Hall–Kier alpha value is -3.33. The molecule has 25 heavy (non-hydrogen) atoms. The van der Waals surface area contributed by atoms with Crippen molar-refractivity contribution in [3.05, 3.63) is 55.7 Å². The Kier molecular flexibility index (Phi) is 4.95. The van der Waals surface area contributed by atoms with Crippen LogP contribution in [0.5, 0.6) is 0 Å². The second-order valence-electron chi connectivity index (χ2n) is 5.26. The van der Waals surface area contributed by atoms with E-state index >= 15 is 0 Å². The number of hydrogen-bond acceptors (Lipinski definition) is 7. The van der Waals surface area contributed by atoms with Gasteiger partial charge < -0.3 is 10.2 Å². The lowest BCUT2D eigenvalue weighted by atomic mass is 10.1. The van der Waals surface area contributed by atoms with Gasteiger partial charge >= 0.3 is 0 Å². The highest BCUT2D eigenvalue weighted by Crippen LogP contribution is 2.23. The number of anilines is 1. The van der Waals surface area contributed by atoms with Gasteiger partial charge in [0.2, 0.25) is 5.13 Å². The van der Waals surface area contributed by atoms with Gasteiger partial charge in [0.25, 0.3) is 5.91 Å². The molecule has 2 aromatic rings. The molecule has 1 aliphatic heterocycles. The first-order valence-electron chi connectivity index (χ1n) is 7.21. The van der Waals surface area contributed by atoms with Crippen LogP contribution in [0.25, 0.3) is 20.9 Å². The summed E-state index contributed by atoms with van der Waals surface area (Å²) in [5.74, 6) is -0.279. The topological polar surface area (TPSA) is 156 Å². The maximum Gasteiger partial charge on any atom is 0.251 e. The number of nitrogens with one attached hydrogen (secondary N) is 1. The molecule has 0 spiro atoms.